The highest BCUT2D eigenvalue weighted by Gasteiger charge is 2.47. The van der Waals surface area contributed by atoms with Gasteiger partial charge < -0.3 is 14.4 Å². The van der Waals surface area contributed by atoms with Gasteiger partial charge in [-0.05, 0) is 30.0 Å². The summed E-state index contributed by atoms with van der Waals surface area (Å²) in [5.74, 6) is 0.00103. The molecule has 5 nitrogen and oxygen atoms in total. The molecule has 28 heavy (non-hydrogen) atoms. The minimum absolute atomic E-state index is 0.162. The zero-order chi connectivity index (χ0) is 19.6. The monoisotopic (exact) mass is 379 g/mol. The molecule has 5 heteroatoms. The number of carbonyl (C=O) groups excluding carboxylic acids is 2. The SMILES string of the molecule is COC(=O)c1ccccc1C1CN(C(=O)C2(Cc3ccccc3)CCOC2)C1. The number of nitrogens with zero attached hydrogens (tertiary/aromatic N) is 1. The molecular weight excluding hydrogens is 354 g/mol. The fraction of sp³-hybridized carbons (Fsp3) is 0.391. The van der Waals surface area contributed by atoms with Gasteiger partial charge in [-0.25, -0.2) is 4.79 Å². The Bertz CT molecular complexity index is 852. The summed E-state index contributed by atoms with van der Waals surface area (Å²) in [6, 6.07) is 17.6. The first-order valence-electron chi connectivity index (χ1n) is 9.71. The van der Waals surface area contributed by atoms with Crippen molar-refractivity contribution in [2.24, 2.45) is 5.41 Å². The first-order chi connectivity index (χ1) is 13.6. The highest BCUT2D eigenvalue weighted by molar-refractivity contribution is 5.91. The van der Waals surface area contributed by atoms with E-state index in [1.54, 1.807) is 6.07 Å². The highest BCUT2D eigenvalue weighted by Crippen LogP contribution is 2.39. The van der Waals surface area contributed by atoms with Gasteiger partial charge >= 0.3 is 5.97 Å². The Morgan fingerprint density at radius 2 is 1.82 bits per heavy atom. The van der Waals surface area contributed by atoms with E-state index in [1.165, 1.54) is 7.11 Å². The zero-order valence-electron chi connectivity index (χ0n) is 16.1. The lowest BCUT2D eigenvalue weighted by molar-refractivity contribution is -0.147. The molecule has 2 aromatic rings. The van der Waals surface area contributed by atoms with Crippen LogP contribution in [-0.4, -0.2) is 50.2 Å². The van der Waals surface area contributed by atoms with E-state index >= 15 is 0 Å². The number of likely N-dealkylation sites (tertiary alicyclic amines) is 1. The summed E-state index contributed by atoms with van der Waals surface area (Å²) in [4.78, 5) is 27.3. The second-order valence-corrected chi connectivity index (χ2v) is 7.73. The topological polar surface area (TPSA) is 55.8 Å². The summed E-state index contributed by atoms with van der Waals surface area (Å²) >= 11 is 0. The molecule has 0 aliphatic carbocycles. The summed E-state index contributed by atoms with van der Waals surface area (Å²) in [5.41, 5.74) is 2.23. The summed E-state index contributed by atoms with van der Waals surface area (Å²) in [6.07, 6.45) is 1.45. The Labute approximate surface area is 165 Å². The maximum Gasteiger partial charge on any atom is 0.338 e. The van der Waals surface area contributed by atoms with E-state index in [4.69, 9.17) is 9.47 Å². The third-order valence-corrected chi connectivity index (χ3v) is 5.92. The predicted molar refractivity (Wildman–Crippen MR) is 105 cm³/mol. The van der Waals surface area contributed by atoms with Crippen LogP contribution >= 0.6 is 0 Å². The number of hydrogen-bond donors (Lipinski definition) is 0. The summed E-state index contributed by atoms with van der Waals surface area (Å²) in [7, 11) is 1.39. The van der Waals surface area contributed by atoms with Gasteiger partial charge in [-0.1, -0.05) is 48.5 Å². The number of hydrogen-bond acceptors (Lipinski definition) is 4. The van der Waals surface area contributed by atoms with Crippen LogP contribution in [0.25, 0.3) is 0 Å². The Hall–Kier alpha value is -2.66. The maximum atomic E-state index is 13.4. The van der Waals surface area contributed by atoms with E-state index in [0.717, 1.165) is 17.5 Å². The number of benzene rings is 2. The van der Waals surface area contributed by atoms with Crippen molar-refractivity contribution in [2.75, 3.05) is 33.4 Å². The fourth-order valence-electron chi connectivity index (χ4n) is 4.30. The Morgan fingerprint density at radius 1 is 1.11 bits per heavy atom. The maximum absolute atomic E-state index is 13.4. The fourth-order valence-corrected chi connectivity index (χ4v) is 4.30. The molecule has 1 atom stereocenters. The molecule has 1 unspecified atom stereocenters. The molecular formula is C23H25NO4. The molecule has 2 aliphatic rings. The summed E-state index contributed by atoms with van der Waals surface area (Å²) in [5, 5.41) is 0. The number of carbonyl (C=O) groups is 2. The third kappa shape index (κ3) is 3.42. The van der Waals surface area contributed by atoms with Crippen LogP contribution in [0.4, 0.5) is 0 Å². The molecule has 0 N–H and O–H groups in total. The second-order valence-electron chi connectivity index (χ2n) is 7.73. The molecule has 0 bridgehead atoms. The average molecular weight is 379 g/mol. The number of amides is 1. The second kappa shape index (κ2) is 7.76. The van der Waals surface area contributed by atoms with Gasteiger partial charge in [0.25, 0.3) is 0 Å². The molecule has 0 radical (unpaired) electrons. The number of ether oxygens (including phenoxy) is 2. The number of rotatable bonds is 5. The van der Waals surface area contributed by atoms with Gasteiger partial charge in [-0.15, -0.1) is 0 Å². The lowest BCUT2D eigenvalue weighted by atomic mass is 9.77. The Morgan fingerprint density at radius 3 is 2.50 bits per heavy atom. The van der Waals surface area contributed by atoms with Crippen molar-refractivity contribution in [1.29, 1.82) is 0 Å². The Balaban J connectivity index is 1.48. The quantitative estimate of drug-likeness (QED) is 0.750. The van der Waals surface area contributed by atoms with E-state index in [-0.39, 0.29) is 17.8 Å². The average Bonchev–Trinajstić information content (AvgIpc) is 3.17. The molecule has 1 amide bonds. The van der Waals surface area contributed by atoms with Crippen molar-refractivity contribution >= 4 is 11.9 Å². The van der Waals surface area contributed by atoms with Gasteiger partial charge in [0.1, 0.15) is 0 Å². The van der Waals surface area contributed by atoms with E-state index in [1.807, 2.05) is 41.3 Å². The van der Waals surface area contributed by atoms with Crippen LogP contribution < -0.4 is 0 Å². The van der Waals surface area contributed by atoms with Crippen LogP contribution in [0.15, 0.2) is 54.6 Å². The van der Waals surface area contributed by atoms with Gasteiger partial charge in [0.15, 0.2) is 0 Å². The standard InChI is InChI=1S/C23H25NO4/c1-27-21(25)20-10-6-5-9-19(20)18-14-24(15-18)22(26)23(11-12-28-16-23)13-17-7-3-2-4-8-17/h2-10,18H,11-16H2,1H3. The van der Waals surface area contributed by atoms with Crippen molar-refractivity contribution in [2.45, 2.75) is 18.8 Å². The molecule has 0 aromatic heterocycles. The largest absolute Gasteiger partial charge is 0.465 e. The molecule has 2 aromatic carbocycles. The van der Waals surface area contributed by atoms with Gasteiger partial charge in [0, 0.05) is 25.6 Å². The first kappa shape index (κ1) is 18.7. The summed E-state index contributed by atoms with van der Waals surface area (Å²) < 4.78 is 10.5. The van der Waals surface area contributed by atoms with Gasteiger partial charge in [0.05, 0.1) is 24.7 Å². The van der Waals surface area contributed by atoms with Crippen molar-refractivity contribution in [1.82, 2.24) is 4.90 Å². The van der Waals surface area contributed by atoms with Crippen molar-refractivity contribution < 1.29 is 19.1 Å². The van der Waals surface area contributed by atoms with E-state index in [2.05, 4.69) is 12.1 Å². The van der Waals surface area contributed by atoms with Gasteiger partial charge in [-0.2, -0.15) is 0 Å². The first-order valence-corrected chi connectivity index (χ1v) is 9.71. The molecule has 4 rings (SSSR count). The molecule has 2 saturated heterocycles. The smallest absolute Gasteiger partial charge is 0.338 e. The summed E-state index contributed by atoms with van der Waals surface area (Å²) in [6.45, 7) is 2.36. The van der Waals surface area contributed by atoms with Gasteiger partial charge in [-0.3, -0.25) is 4.79 Å². The number of methoxy groups -OCH3 is 1. The van der Waals surface area contributed by atoms with Crippen LogP contribution in [0.2, 0.25) is 0 Å². The number of esters is 1. The lowest BCUT2D eigenvalue weighted by Gasteiger charge is -2.44. The van der Waals surface area contributed by atoms with Crippen molar-refractivity contribution in [3.05, 3.63) is 71.3 Å². The normalized spacial score (nSPS) is 22.0. The third-order valence-electron chi connectivity index (χ3n) is 5.92. The molecule has 2 aliphatic heterocycles. The van der Waals surface area contributed by atoms with Crippen molar-refractivity contribution in [3.8, 4) is 0 Å². The van der Waals surface area contributed by atoms with Crippen LogP contribution in [0.1, 0.15) is 33.8 Å². The van der Waals surface area contributed by atoms with Crippen molar-refractivity contribution in [3.63, 3.8) is 0 Å². The van der Waals surface area contributed by atoms with Crippen LogP contribution in [-0.2, 0) is 20.7 Å². The molecule has 2 heterocycles. The lowest BCUT2D eigenvalue weighted by Crippen LogP contribution is -2.55. The Kier molecular flexibility index (Phi) is 5.18. The van der Waals surface area contributed by atoms with Crippen LogP contribution in [0.3, 0.4) is 0 Å². The van der Waals surface area contributed by atoms with E-state index < -0.39 is 5.41 Å². The predicted octanol–water partition coefficient (Wildman–Crippen LogP) is 3.05. The molecule has 0 spiro atoms. The van der Waals surface area contributed by atoms with Gasteiger partial charge in [0.2, 0.25) is 5.91 Å². The van der Waals surface area contributed by atoms with E-state index in [9.17, 15) is 9.59 Å². The zero-order valence-corrected chi connectivity index (χ0v) is 16.1. The molecule has 146 valence electrons. The molecule has 0 saturated carbocycles. The minimum Gasteiger partial charge on any atom is -0.465 e. The van der Waals surface area contributed by atoms with Crippen LogP contribution in [0.5, 0.6) is 0 Å². The molecule has 2 fully saturated rings. The van der Waals surface area contributed by atoms with E-state index in [0.29, 0.717) is 38.3 Å². The highest BCUT2D eigenvalue weighted by atomic mass is 16.5. The van der Waals surface area contributed by atoms with Crippen LogP contribution in [0, 0.1) is 5.41 Å². The minimum atomic E-state index is -0.478.